The molecular formula is C15H17ClN2O. The molecule has 3 rings (SSSR count). The SMILES string of the molecule is Cl.NC1(C(=O)NCc2ccc3ccccc3c2)CC1. The Bertz CT molecular complexity index is 608. The highest BCUT2D eigenvalue weighted by molar-refractivity contribution is 5.89. The summed E-state index contributed by atoms with van der Waals surface area (Å²) in [5.74, 6) is -0.0318. The maximum absolute atomic E-state index is 11.7. The van der Waals surface area contributed by atoms with Crippen LogP contribution in [-0.2, 0) is 11.3 Å². The number of hydrogen-bond donors (Lipinski definition) is 2. The fraction of sp³-hybridized carbons (Fsp3) is 0.267. The number of nitrogens with one attached hydrogen (secondary N) is 1. The molecule has 4 heteroatoms. The monoisotopic (exact) mass is 276 g/mol. The van der Waals surface area contributed by atoms with Gasteiger partial charge in [-0.15, -0.1) is 12.4 Å². The maximum Gasteiger partial charge on any atom is 0.240 e. The molecular weight excluding hydrogens is 260 g/mol. The Hall–Kier alpha value is -1.58. The van der Waals surface area contributed by atoms with Crippen molar-refractivity contribution in [3.8, 4) is 0 Å². The third kappa shape index (κ3) is 2.88. The number of halogens is 1. The Morgan fingerprint density at radius 3 is 2.53 bits per heavy atom. The molecule has 1 aliphatic carbocycles. The smallest absolute Gasteiger partial charge is 0.240 e. The van der Waals surface area contributed by atoms with Gasteiger partial charge in [-0.3, -0.25) is 4.79 Å². The van der Waals surface area contributed by atoms with Crippen LogP contribution in [0.3, 0.4) is 0 Å². The molecule has 1 aliphatic rings. The molecule has 0 saturated heterocycles. The third-order valence-corrected chi connectivity index (χ3v) is 3.51. The zero-order valence-corrected chi connectivity index (χ0v) is 11.4. The maximum atomic E-state index is 11.7. The van der Waals surface area contributed by atoms with Crippen molar-refractivity contribution in [3.63, 3.8) is 0 Å². The van der Waals surface area contributed by atoms with Gasteiger partial charge in [0.2, 0.25) is 5.91 Å². The molecule has 3 N–H and O–H groups in total. The van der Waals surface area contributed by atoms with Gasteiger partial charge in [0.15, 0.2) is 0 Å². The highest BCUT2D eigenvalue weighted by Crippen LogP contribution is 2.32. The average Bonchev–Trinajstić information content (AvgIpc) is 3.15. The minimum Gasteiger partial charge on any atom is -0.350 e. The predicted molar refractivity (Wildman–Crippen MR) is 79.2 cm³/mol. The fourth-order valence-electron chi connectivity index (χ4n) is 2.07. The van der Waals surface area contributed by atoms with Gasteiger partial charge in [-0.1, -0.05) is 36.4 Å². The molecule has 0 unspecified atom stereocenters. The highest BCUT2D eigenvalue weighted by Gasteiger charge is 2.45. The van der Waals surface area contributed by atoms with Crippen LogP contribution in [0.4, 0.5) is 0 Å². The van der Waals surface area contributed by atoms with Crippen LogP contribution in [0.5, 0.6) is 0 Å². The van der Waals surface area contributed by atoms with E-state index >= 15 is 0 Å². The number of carbonyl (C=O) groups is 1. The number of nitrogens with two attached hydrogens (primary N) is 1. The van der Waals surface area contributed by atoms with Crippen molar-refractivity contribution < 1.29 is 4.79 Å². The van der Waals surface area contributed by atoms with Gasteiger partial charge in [0.05, 0.1) is 5.54 Å². The zero-order valence-electron chi connectivity index (χ0n) is 10.6. The highest BCUT2D eigenvalue weighted by atomic mass is 35.5. The van der Waals surface area contributed by atoms with Crippen LogP contribution in [0.25, 0.3) is 10.8 Å². The molecule has 0 aliphatic heterocycles. The van der Waals surface area contributed by atoms with Crippen LogP contribution in [-0.4, -0.2) is 11.4 Å². The summed E-state index contributed by atoms with van der Waals surface area (Å²) in [7, 11) is 0. The lowest BCUT2D eigenvalue weighted by molar-refractivity contribution is -0.123. The van der Waals surface area contributed by atoms with E-state index in [0.29, 0.717) is 6.54 Å². The van der Waals surface area contributed by atoms with Gasteiger partial charge < -0.3 is 11.1 Å². The Labute approximate surface area is 118 Å². The van der Waals surface area contributed by atoms with Gasteiger partial charge in [-0.25, -0.2) is 0 Å². The molecule has 0 radical (unpaired) electrons. The second-order valence-corrected chi connectivity index (χ2v) is 5.02. The molecule has 1 saturated carbocycles. The molecule has 2 aromatic rings. The predicted octanol–water partition coefficient (Wildman–Crippen LogP) is 2.37. The number of hydrogen-bond acceptors (Lipinski definition) is 2. The summed E-state index contributed by atoms with van der Waals surface area (Å²) >= 11 is 0. The minimum atomic E-state index is -0.586. The summed E-state index contributed by atoms with van der Waals surface area (Å²) in [6.07, 6.45) is 1.60. The van der Waals surface area contributed by atoms with Crippen LogP contribution in [0.15, 0.2) is 42.5 Å². The first-order chi connectivity index (χ1) is 8.67. The summed E-state index contributed by atoms with van der Waals surface area (Å²) in [6.45, 7) is 0.544. The molecule has 2 aromatic carbocycles. The van der Waals surface area contributed by atoms with Gasteiger partial charge in [0.1, 0.15) is 0 Å². The Morgan fingerprint density at radius 2 is 1.84 bits per heavy atom. The van der Waals surface area contributed by atoms with E-state index in [1.54, 1.807) is 0 Å². The van der Waals surface area contributed by atoms with Crippen LogP contribution in [0, 0.1) is 0 Å². The second kappa shape index (κ2) is 5.19. The van der Waals surface area contributed by atoms with Crippen molar-refractivity contribution in [1.82, 2.24) is 5.32 Å². The third-order valence-electron chi connectivity index (χ3n) is 3.51. The van der Waals surface area contributed by atoms with Crippen LogP contribution in [0.2, 0.25) is 0 Å². The zero-order chi connectivity index (χ0) is 12.6. The first-order valence-electron chi connectivity index (χ1n) is 6.22. The summed E-state index contributed by atoms with van der Waals surface area (Å²) < 4.78 is 0. The van der Waals surface area contributed by atoms with E-state index in [0.717, 1.165) is 18.4 Å². The average molecular weight is 277 g/mol. The molecule has 0 spiro atoms. The molecule has 1 amide bonds. The quantitative estimate of drug-likeness (QED) is 0.904. The van der Waals surface area contributed by atoms with Gasteiger partial charge in [-0.05, 0) is 35.2 Å². The largest absolute Gasteiger partial charge is 0.350 e. The molecule has 0 bridgehead atoms. The van der Waals surface area contributed by atoms with E-state index in [9.17, 15) is 4.79 Å². The van der Waals surface area contributed by atoms with E-state index < -0.39 is 5.54 Å². The van der Waals surface area contributed by atoms with Crippen molar-refractivity contribution in [3.05, 3.63) is 48.0 Å². The van der Waals surface area contributed by atoms with Crippen molar-refractivity contribution in [1.29, 1.82) is 0 Å². The summed E-state index contributed by atoms with van der Waals surface area (Å²) in [5.41, 5.74) is 6.35. The van der Waals surface area contributed by atoms with Gasteiger partial charge in [0, 0.05) is 6.54 Å². The Kier molecular flexibility index (Phi) is 3.78. The van der Waals surface area contributed by atoms with E-state index in [1.165, 1.54) is 10.8 Å². The summed E-state index contributed by atoms with van der Waals surface area (Å²) in [4.78, 5) is 11.7. The molecule has 100 valence electrons. The normalized spacial score (nSPS) is 15.6. The van der Waals surface area contributed by atoms with E-state index in [-0.39, 0.29) is 18.3 Å². The number of rotatable bonds is 3. The van der Waals surface area contributed by atoms with Gasteiger partial charge in [-0.2, -0.15) is 0 Å². The molecule has 1 fully saturated rings. The molecule has 0 aromatic heterocycles. The number of benzene rings is 2. The Morgan fingerprint density at radius 1 is 1.16 bits per heavy atom. The molecule has 3 nitrogen and oxygen atoms in total. The number of carbonyl (C=O) groups excluding carboxylic acids is 1. The van der Waals surface area contributed by atoms with Crippen molar-refractivity contribution in [2.24, 2.45) is 5.73 Å². The first kappa shape index (κ1) is 13.8. The van der Waals surface area contributed by atoms with E-state index in [4.69, 9.17) is 5.73 Å². The lowest BCUT2D eigenvalue weighted by atomic mass is 10.1. The van der Waals surface area contributed by atoms with E-state index in [2.05, 4.69) is 29.6 Å². The summed E-state index contributed by atoms with van der Waals surface area (Å²) in [5, 5.41) is 5.31. The fourth-order valence-corrected chi connectivity index (χ4v) is 2.07. The lowest BCUT2D eigenvalue weighted by Gasteiger charge is -2.10. The Balaban J connectivity index is 0.00000133. The standard InChI is InChI=1S/C15H16N2O.ClH/c16-15(7-8-15)14(18)17-10-11-5-6-12-3-1-2-4-13(12)9-11;/h1-6,9H,7-8,10,16H2,(H,17,18);1H. The number of fused-ring (bicyclic) bond motifs is 1. The second-order valence-electron chi connectivity index (χ2n) is 5.02. The minimum absolute atomic E-state index is 0. The summed E-state index contributed by atoms with van der Waals surface area (Å²) in [6, 6.07) is 14.4. The van der Waals surface area contributed by atoms with Crippen molar-refractivity contribution in [2.45, 2.75) is 24.9 Å². The van der Waals surface area contributed by atoms with Crippen LogP contribution in [0.1, 0.15) is 18.4 Å². The van der Waals surface area contributed by atoms with Crippen LogP contribution < -0.4 is 11.1 Å². The van der Waals surface area contributed by atoms with Crippen molar-refractivity contribution in [2.75, 3.05) is 0 Å². The lowest BCUT2D eigenvalue weighted by Crippen LogP contribution is -2.42. The van der Waals surface area contributed by atoms with Gasteiger partial charge in [0.25, 0.3) is 0 Å². The molecule has 0 heterocycles. The molecule has 19 heavy (non-hydrogen) atoms. The molecule has 0 atom stereocenters. The first-order valence-corrected chi connectivity index (χ1v) is 6.22. The van der Waals surface area contributed by atoms with Crippen molar-refractivity contribution >= 4 is 29.1 Å². The van der Waals surface area contributed by atoms with Gasteiger partial charge >= 0.3 is 0 Å². The number of amides is 1. The van der Waals surface area contributed by atoms with Crippen LogP contribution >= 0.6 is 12.4 Å². The van der Waals surface area contributed by atoms with E-state index in [1.807, 2.05) is 18.2 Å². The topological polar surface area (TPSA) is 55.1 Å².